The molecule has 1 aliphatic rings. The van der Waals surface area contributed by atoms with Gasteiger partial charge >= 0.3 is 0 Å². The molecule has 0 bridgehead atoms. The average molecular weight is 337 g/mol. The van der Waals surface area contributed by atoms with Crippen molar-refractivity contribution in [3.8, 4) is 0 Å². The number of rotatable bonds is 2. The Labute approximate surface area is 154 Å². The summed E-state index contributed by atoms with van der Waals surface area (Å²) in [6.45, 7) is 34.9. The van der Waals surface area contributed by atoms with Gasteiger partial charge in [0.1, 0.15) is 0 Å². The minimum Gasteiger partial charge on any atom is -0.0599 e. The summed E-state index contributed by atoms with van der Waals surface area (Å²) in [5.74, 6) is 1.45. The summed E-state index contributed by atoms with van der Waals surface area (Å²) in [7, 11) is 0. The van der Waals surface area contributed by atoms with Gasteiger partial charge in [-0.05, 0) is 57.2 Å². The maximum absolute atomic E-state index is 2.55. The van der Waals surface area contributed by atoms with Crippen LogP contribution in [-0.2, 0) is 0 Å². The Hall–Kier alpha value is 0. The highest BCUT2D eigenvalue weighted by atomic mass is 14.7. The molecule has 0 aliphatic heterocycles. The van der Waals surface area contributed by atoms with E-state index in [9.17, 15) is 0 Å². The van der Waals surface area contributed by atoms with E-state index in [1.807, 2.05) is 0 Å². The highest BCUT2D eigenvalue weighted by Gasteiger charge is 2.60. The molecule has 0 spiro atoms. The SMILES string of the molecule is CC(C)(C)C(CC1C(C)(C)C(C)(C)CC(C)(C)C1(C)C)C(C)(C)C. The van der Waals surface area contributed by atoms with Crippen molar-refractivity contribution in [3.63, 3.8) is 0 Å². The van der Waals surface area contributed by atoms with Crippen molar-refractivity contribution in [2.45, 2.75) is 110 Å². The molecule has 0 radical (unpaired) electrons. The molecular formula is C24H48. The molecule has 1 rings (SSSR count). The molecular weight excluding hydrogens is 288 g/mol. The molecule has 0 aromatic rings. The van der Waals surface area contributed by atoms with Crippen LogP contribution in [-0.4, -0.2) is 0 Å². The van der Waals surface area contributed by atoms with E-state index in [0.717, 1.165) is 11.8 Å². The van der Waals surface area contributed by atoms with E-state index >= 15 is 0 Å². The molecule has 24 heavy (non-hydrogen) atoms. The Kier molecular flexibility index (Phi) is 5.28. The molecule has 0 amide bonds. The summed E-state index contributed by atoms with van der Waals surface area (Å²) in [5.41, 5.74) is 2.13. The van der Waals surface area contributed by atoms with Crippen molar-refractivity contribution in [2.24, 2.45) is 44.3 Å². The molecule has 0 aromatic carbocycles. The first-order valence-corrected chi connectivity index (χ1v) is 10.2. The largest absolute Gasteiger partial charge is 0.0599 e. The van der Waals surface area contributed by atoms with Gasteiger partial charge in [0, 0.05) is 0 Å². The summed E-state index contributed by atoms with van der Waals surface area (Å²) in [5, 5.41) is 0. The second-order valence-electron chi connectivity index (χ2n) is 13.5. The first-order valence-electron chi connectivity index (χ1n) is 10.2. The third-order valence-electron chi connectivity index (χ3n) is 8.68. The van der Waals surface area contributed by atoms with Gasteiger partial charge in [-0.25, -0.2) is 0 Å². The van der Waals surface area contributed by atoms with Gasteiger partial charge in [-0.2, -0.15) is 0 Å². The van der Waals surface area contributed by atoms with Crippen LogP contribution in [0.3, 0.4) is 0 Å². The quantitative estimate of drug-likeness (QED) is 0.476. The lowest BCUT2D eigenvalue weighted by atomic mass is 9.39. The Morgan fingerprint density at radius 3 is 1.21 bits per heavy atom. The Bertz CT molecular complexity index is 405. The summed E-state index contributed by atoms with van der Waals surface area (Å²) in [4.78, 5) is 0. The van der Waals surface area contributed by atoms with E-state index in [1.54, 1.807) is 0 Å². The van der Waals surface area contributed by atoms with Gasteiger partial charge in [0.25, 0.3) is 0 Å². The van der Waals surface area contributed by atoms with Crippen LogP contribution in [0.25, 0.3) is 0 Å². The standard InChI is InChI=1S/C24H48/c1-19(2,3)17(20(4,5)6)15-18-23(11,12)21(7,8)16-22(9,10)24(18,13)14/h17-18H,15-16H2,1-14H3. The van der Waals surface area contributed by atoms with Crippen molar-refractivity contribution in [3.05, 3.63) is 0 Å². The minimum absolute atomic E-state index is 0.343. The van der Waals surface area contributed by atoms with Crippen LogP contribution in [0.4, 0.5) is 0 Å². The Morgan fingerprint density at radius 2 is 0.958 bits per heavy atom. The van der Waals surface area contributed by atoms with E-state index in [1.165, 1.54) is 12.8 Å². The molecule has 0 aromatic heterocycles. The predicted molar refractivity (Wildman–Crippen MR) is 110 cm³/mol. The lowest BCUT2D eigenvalue weighted by Gasteiger charge is -2.66. The van der Waals surface area contributed by atoms with Gasteiger partial charge in [-0.3, -0.25) is 0 Å². The zero-order valence-corrected chi connectivity index (χ0v) is 19.6. The normalized spacial score (nSPS) is 26.6. The van der Waals surface area contributed by atoms with Crippen molar-refractivity contribution >= 4 is 0 Å². The smallest absolute Gasteiger partial charge is 0.0269 e. The molecule has 0 heterocycles. The molecule has 1 saturated carbocycles. The topological polar surface area (TPSA) is 0 Å². The number of hydrogen-bond donors (Lipinski definition) is 0. The molecule has 0 heteroatoms. The first-order chi connectivity index (χ1) is 10.2. The van der Waals surface area contributed by atoms with Crippen molar-refractivity contribution in [1.82, 2.24) is 0 Å². The van der Waals surface area contributed by atoms with Crippen LogP contribution >= 0.6 is 0 Å². The van der Waals surface area contributed by atoms with Crippen LogP contribution in [0.5, 0.6) is 0 Å². The summed E-state index contributed by atoms with van der Waals surface area (Å²) in [6, 6.07) is 0. The van der Waals surface area contributed by atoms with Crippen LogP contribution < -0.4 is 0 Å². The third kappa shape index (κ3) is 3.59. The molecule has 144 valence electrons. The molecule has 1 fully saturated rings. The van der Waals surface area contributed by atoms with E-state index in [4.69, 9.17) is 0 Å². The van der Waals surface area contributed by atoms with Crippen LogP contribution in [0, 0.1) is 44.3 Å². The molecule has 0 N–H and O–H groups in total. The van der Waals surface area contributed by atoms with Gasteiger partial charge < -0.3 is 0 Å². The van der Waals surface area contributed by atoms with Crippen molar-refractivity contribution in [2.75, 3.05) is 0 Å². The fraction of sp³-hybridized carbons (Fsp3) is 1.00. The van der Waals surface area contributed by atoms with E-state index in [0.29, 0.717) is 32.5 Å². The summed E-state index contributed by atoms with van der Waals surface area (Å²) >= 11 is 0. The summed E-state index contributed by atoms with van der Waals surface area (Å²) in [6.07, 6.45) is 2.64. The Morgan fingerprint density at radius 1 is 0.667 bits per heavy atom. The van der Waals surface area contributed by atoms with E-state index < -0.39 is 0 Å². The minimum atomic E-state index is 0.343. The fourth-order valence-electron chi connectivity index (χ4n) is 6.24. The summed E-state index contributed by atoms with van der Waals surface area (Å²) < 4.78 is 0. The monoisotopic (exact) mass is 336 g/mol. The van der Waals surface area contributed by atoms with Gasteiger partial charge in [0.2, 0.25) is 0 Å². The second-order valence-corrected chi connectivity index (χ2v) is 13.5. The van der Waals surface area contributed by atoms with Gasteiger partial charge in [-0.15, -0.1) is 0 Å². The highest BCUT2D eigenvalue weighted by molar-refractivity contribution is 5.09. The van der Waals surface area contributed by atoms with Crippen LogP contribution in [0.2, 0.25) is 0 Å². The van der Waals surface area contributed by atoms with E-state index in [-0.39, 0.29) is 0 Å². The molecule has 0 unspecified atom stereocenters. The lowest BCUT2D eigenvalue weighted by molar-refractivity contribution is -0.173. The van der Waals surface area contributed by atoms with Crippen LogP contribution in [0.15, 0.2) is 0 Å². The molecule has 0 saturated heterocycles. The van der Waals surface area contributed by atoms with Crippen molar-refractivity contribution < 1.29 is 0 Å². The maximum atomic E-state index is 2.55. The fourth-order valence-corrected chi connectivity index (χ4v) is 6.24. The van der Waals surface area contributed by atoms with Gasteiger partial charge in [0.15, 0.2) is 0 Å². The van der Waals surface area contributed by atoms with Crippen molar-refractivity contribution in [1.29, 1.82) is 0 Å². The zero-order chi connectivity index (χ0) is 19.6. The van der Waals surface area contributed by atoms with Crippen LogP contribution in [0.1, 0.15) is 110 Å². The van der Waals surface area contributed by atoms with E-state index in [2.05, 4.69) is 96.9 Å². The zero-order valence-electron chi connectivity index (χ0n) is 19.6. The number of hydrogen-bond acceptors (Lipinski definition) is 0. The molecule has 0 atom stereocenters. The van der Waals surface area contributed by atoms with Gasteiger partial charge in [0.05, 0.1) is 0 Å². The first kappa shape index (κ1) is 22.0. The third-order valence-corrected chi connectivity index (χ3v) is 8.68. The predicted octanol–water partition coefficient (Wildman–Crippen LogP) is 8.21. The van der Waals surface area contributed by atoms with Gasteiger partial charge in [-0.1, -0.05) is 96.9 Å². The second kappa shape index (κ2) is 5.75. The molecule has 1 aliphatic carbocycles. The lowest BCUT2D eigenvalue weighted by Crippen LogP contribution is -2.59. The highest BCUT2D eigenvalue weighted by Crippen LogP contribution is 2.68. The maximum Gasteiger partial charge on any atom is -0.0269 e. The Balaban J connectivity index is 3.45. The average Bonchev–Trinajstić information content (AvgIpc) is 2.21. The molecule has 0 nitrogen and oxygen atoms in total.